The fourth-order valence-electron chi connectivity index (χ4n) is 2.72. The van der Waals surface area contributed by atoms with Gasteiger partial charge in [-0.3, -0.25) is 0 Å². The van der Waals surface area contributed by atoms with Crippen molar-refractivity contribution in [1.82, 2.24) is 0 Å². The molecule has 174 valence electrons. The molecule has 0 aromatic carbocycles. The zero-order valence-electron chi connectivity index (χ0n) is 22.0. The van der Waals surface area contributed by atoms with Gasteiger partial charge in [0.25, 0.3) is 0 Å². The van der Waals surface area contributed by atoms with E-state index in [2.05, 4.69) is 41.2 Å². The van der Waals surface area contributed by atoms with E-state index in [-0.39, 0.29) is 5.41 Å². The lowest BCUT2D eigenvalue weighted by Crippen LogP contribution is -2.46. The number of aldehydes is 1. The second-order valence-electron chi connectivity index (χ2n) is 8.90. The van der Waals surface area contributed by atoms with Gasteiger partial charge >= 0.3 is 0 Å². The number of unbranched alkanes of at least 4 members (excludes halogenated alkanes) is 2. The molecule has 0 aliphatic carbocycles. The van der Waals surface area contributed by atoms with E-state index < -0.39 is 11.0 Å². The van der Waals surface area contributed by atoms with E-state index in [0.717, 1.165) is 6.29 Å². The van der Waals surface area contributed by atoms with Crippen molar-refractivity contribution in [1.29, 1.82) is 0 Å². The van der Waals surface area contributed by atoms with Crippen LogP contribution < -0.4 is 0 Å². The Labute approximate surface area is 184 Å². The maximum atomic E-state index is 11.2. The van der Waals surface area contributed by atoms with E-state index in [1.165, 1.54) is 24.8 Å². The molecule has 0 heterocycles. The highest BCUT2D eigenvalue weighted by molar-refractivity contribution is 5.61. The summed E-state index contributed by atoms with van der Waals surface area (Å²) in [5, 5.41) is 10.2. The van der Waals surface area contributed by atoms with Crippen molar-refractivity contribution >= 4 is 6.29 Å². The average Bonchev–Trinajstić information content (AvgIpc) is 2.64. The number of hydrogen-bond donors (Lipinski definition) is 1. The SMILES string of the molecule is C=C/C=C(C)\C=C/C.CC.CCC(C)(O)C(C)(C=O)CC(C)(C)C.CCCCC. The van der Waals surface area contributed by atoms with Gasteiger partial charge < -0.3 is 9.90 Å². The Morgan fingerprint density at radius 1 is 1.00 bits per heavy atom. The van der Waals surface area contributed by atoms with Gasteiger partial charge in [0, 0.05) is 0 Å². The maximum Gasteiger partial charge on any atom is 0.128 e. The Kier molecular flexibility index (Phi) is 24.5. The Bertz CT molecular complexity index is 434. The number of allylic oxidation sites excluding steroid dienone is 5. The van der Waals surface area contributed by atoms with E-state index >= 15 is 0 Å². The van der Waals surface area contributed by atoms with Gasteiger partial charge in [-0.1, -0.05) is 118 Å². The van der Waals surface area contributed by atoms with Crippen molar-refractivity contribution in [3.05, 3.63) is 36.5 Å². The summed E-state index contributed by atoms with van der Waals surface area (Å²) in [6.45, 7) is 27.8. The fraction of sp³-hybridized carbons (Fsp3) is 0.741. The lowest BCUT2D eigenvalue weighted by Gasteiger charge is -2.41. The summed E-state index contributed by atoms with van der Waals surface area (Å²) in [6.07, 6.45) is 14.1. The van der Waals surface area contributed by atoms with Crippen LogP contribution in [0, 0.1) is 10.8 Å². The lowest BCUT2D eigenvalue weighted by atomic mass is 9.66. The minimum absolute atomic E-state index is 0.0504. The lowest BCUT2D eigenvalue weighted by molar-refractivity contribution is -0.136. The molecule has 0 aliphatic heterocycles. The summed E-state index contributed by atoms with van der Waals surface area (Å²) in [5.41, 5.74) is -0.279. The quantitative estimate of drug-likeness (QED) is 0.321. The standard InChI is InChI=1S/C12H24O2.C8H12.C5H12.C2H6/c1-7-12(6,14)11(5,9-13)8-10(2,3)4;1-4-6-8(3)7-5-2;1-3-5-4-2;1-2/h9,14H,7-8H2,1-6H3;4-7H,1H2,2-3H3;3-5H2,1-2H3;1-2H3/b;7-5-,8-6-;;. The average molecular weight is 411 g/mol. The molecular formula is C27H54O2. The Balaban J connectivity index is -0.000000175. The van der Waals surface area contributed by atoms with Crippen molar-refractivity contribution in [2.24, 2.45) is 10.8 Å². The molecule has 0 spiro atoms. The van der Waals surface area contributed by atoms with Crippen LogP contribution in [0.2, 0.25) is 0 Å². The zero-order chi connectivity index (χ0) is 24.1. The van der Waals surface area contributed by atoms with Gasteiger partial charge in [-0.25, -0.2) is 0 Å². The largest absolute Gasteiger partial charge is 0.389 e. The van der Waals surface area contributed by atoms with Crippen LogP contribution in [0.3, 0.4) is 0 Å². The number of hydrogen-bond acceptors (Lipinski definition) is 2. The summed E-state index contributed by atoms with van der Waals surface area (Å²) in [6, 6.07) is 0. The number of rotatable bonds is 8. The molecule has 29 heavy (non-hydrogen) atoms. The van der Waals surface area contributed by atoms with E-state index in [1.807, 2.05) is 59.8 Å². The van der Waals surface area contributed by atoms with E-state index in [0.29, 0.717) is 12.8 Å². The third-order valence-electron chi connectivity index (χ3n) is 4.59. The van der Waals surface area contributed by atoms with Gasteiger partial charge in [-0.2, -0.15) is 0 Å². The predicted octanol–water partition coefficient (Wildman–Crippen LogP) is 8.71. The highest BCUT2D eigenvalue weighted by atomic mass is 16.3. The highest BCUT2D eigenvalue weighted by Gasteiger charge is 2.44. The molecule has 2 heteroatoms. The number of aliphatic hydroxyl groups is 1. The third kappa shape index (κ3) is 21.4. The zero-order valence-corrected chi connectivity index (χ0v) is 22.0. The number of carbonyl (C=O) groups excluding carboxylic acids is 1. The van der Waals surface area contributed by atoms with E-state index in [4.69, 9.17) is 0 Å². The molecule has 0 aromatic rings. The third-order valence-corrected chi connectivity index (χ3v) is 4.59. The van der Waals surface area contributed by atoms with Gasteiger partial charge in [0.2, 0.25) is 0 Å². The normalized spacial score (nSPS) is 15.3. The van der Waals surface area contributed by atoms with Crippen LogP contribution in [0.5, 0.6) is 0 Å². The molecule has 1 N–H and O–H groups in total. The van der Waals surface area contributed by atoms with Gasteiger partial charge in [-0.15, -0.1) is 0 Å². The minimum atomic E-state index is -0.915. The van der Waals surface area contributed by atoms with Crippen LogP contribution in [0.15, 0.2) is 36.5 Å². The first-order valence-electron chi connectivity index (χ1n) is 11.4. The van der Waals surface area contributed by atoms with Gasteiger partial charge in [0.05, 0.1) is 11.0 Å². The first kappa shape index (κ1) is 35.3. The number of carbonyl (C=O) groups is 1. The highest BCUT2D eigenvalue weighted by Crippen LogP contribution is 2.41. The first-order valence-corrected chi connectivity index (χ1v) is 11.4. The summed E-state index contributed by atoms with van der Waals surface area (Å²) in [7, 11) is 0. The van der Waals surface area contributed by atoms with Crippen LogP contribution >= 0.6 is 0 Å². The summed E-state index contributed by atoms with van der Waals surface area (Å²) >= 11 is 0. The molecule has 2 atom stereocenters. The topological polar surface area (TPSA) is 37.3 Å². The predicted molar refractivity (Wildman–Crippen MR) is 134 cm³/mol. The summed E-state index contributed by atoms with van der Waals surface area (Å²) < 4.78 is 0. The molecule has 0 rings (SSSR count). The molecule has 0 radical (unpaired) electrons. The smallest absolute Gasteiger partial charge is 0.128 e. The minimum Gasteiger partial charge on any atom is -0.389 e. The Morgan fingerprint density at radius 3 is 1.66 bits per heavy atom. The molecule has 0 saturated carbocycles. The molecule has 2 nitrogen and oxygen atoms in total. The molecular weight excluding hydrogens is 356 g/mol. The molecule has 0 aromatic heterocycles. The maximum absolute atomic E-state index is 11.2. The molecule has 0 saturated heterocycles. The molecule has 2 unspecified atom stereocenters. The van der Waals surface area contributed by atoms with E-state index in [1.54, 1.807) is 13.0 Å². The van der Waals surface area contributed by atoms with Crippen molar-refractivity contribution in [3.63, 3.8) is 0 Å². The first-order chi connectivity index (χ1) is 13.3. The summed E-state index contributed by atoms with van der Waals surface area (Å²) in [4.78, 5) is 11.2. The van der Waals surface area contributed by atoms with Crippen molar-refractivity contribution < 1.29 is 9.90 Å². The Morgan fingerprint density at radius 2 is 1.45 bits per heavy atom. The fourth-order valence-corrected chi connectivity index (χ4v) is 2.72. The molecule has 0 amide bonds. The van der Waals surface area contributed by atoms with E-state index in [9.17, 15) is 9.90 Å². The van der Waals surface area contributed by atoms with Gasteiger partial charge in [0.1, 0.15) is 6.29 Å². The second kappa shape index (κ2) is 20.1. The van der Waals surface area contributed by atoms with Crippen LogP contribution in [-0.2, 0) is 4.79 Å². The van der Waals surface area contributed by atoms with Crippen molar-refractivity contribution in [3.8, 4) is 0 Å². The van der Waals surface area contributed by atoms with Crippen molar-refractivity contribution in [2.75, 3.05) is 0 Å². The second-order valence-corrected chi connectivity index (χ2v) is 8.90. The van der Waals surface area contributed by atoms with Gasteiger partial charge in [0.15, 0.2) is 0 Å². The van der Waals surface area contributed by atoms with Crippen LogP contribution in [0.4, 0.5) is 0 Å². The monoisotopic (exact) mass is 410 g/mol. The van der Waals surface area contributed by atoms with Crippen molar-refractivity contribution in [2.45, 2.75) is 121 Å². The molecule has 0 fully saturated rings. The van der Waals surface area contributed by atoms with Crippen LogP contribution in [0.25, 0.3) is 0 Å². The molecule has 0 aliphatic rings. The van der Waals surface area contributed by atoms with Crippen LogP contribution in [0.1, 0.15) is 115 Å². The summed E-state index contributed by atoms with van der Waals surface area (Å²) in [5.74, 6) is 0. The van der Waals surface area contributed by atoms with Crippen LogP contribution in [-0.4, -0.2) is 17.0 Å². The molecule has 0 bridgehead atoms. The Hall–Kier alpha value is -1.15. The van der Waals surface area contributed by atoms with Gasteiger partial charge in [-0.05, 0) is 39.0 Å².